The Hall–Kier alpha value is -4.80. The standard InChI is InChI=1S/C34H43N8O20P3S/c1-34(2,26(45)29(46)37-8-7-22(43)36-9-10-66-33(50)30(47)41-20-12-18-6-4-3-5-17(18)11-19(20)32(48)49)14-59-65(56,57)62-64(54,55)58-13-21-25(61-63(51,52)53)24(44)31(60-21)42-16-40-23-27(35)38-15-39-28(23)42/h3-6,11-12,15-16,21,24-26,31,44-45H,7-10,13-14H2,1-2H3,(H,36,43)(H,37,46)(H,41,47)(H,48,49)(H,54,55)(H,56,57)(H2,35,38,39)(H2,51,52,53). The van der Waals surface area contributed by atoms with Crippen LogP contribution in [-0.4, -0.2) is 140 Å². The minimum atomic E-state index is -5.62. The zero-order chi connectivity index (χ0) is 48.8. The van der Waals surface area contributed by atoms with Crippen LogP contribution in [0.25, 0.3) is 21.9 Å². The summed E-state index contributed by atoms with van der Waals surface area (Å²) in [4.78, 5) is 113. The molecule has 32 heteroatoms. The van der Waals surface area contributed by atoms with Crippen LogP contribution < -0.4 is 21.7 Å². The molecule has 28 nitrogen and oxygen atoms in total. The number of phosphoric acid groups is 3. The summed E-state index contributed by atoms with van der Waals surface area (Å²) in [6.45, 7) is -0.111. The summed E-state index contributed by atoms with van der Waals surface area (Å²) in [5, 5.41) is 38.4. The second-order valence-corrected chi connectivity index (χ2v) is 20.0. The van der Waals surface area contributed by atoms with Gasteiger partial charge in [0.1, 0.15) is 36.3 Å². The van der Waals surface area contributed by atoms with Crippen LogP contribution in [0.15, 0.2) is 49.1 Å². The van der Waals surface area contributed by atoms with Crippen LogP contribution in [-0.2, 0) is 55.5 Å². The van der Waals surface area contributed by atoms with Crippen molar-refractivity contribution in [2.24, 2.45) is 5.41 Å². The number of nitrogens with two attached hydrogens (primary N) is 1. The zero-order valence-corrected chi connectivity index (χ0v) is 37.8. The minimum absolute atomic E-state index is 0.00944. The van der Waals surface area contributed by atoms with Crippen molar-refractivity contribution in [2.75, 3.05) is 43.1 Å². The highest BCUT2D eigenvalue weighted by molar-refractivity contribution is 8.15. The Labute approximate surface area is 376 Å². The smallest absolute Gasteiger partial charge is 0.478 e. The first-order chi connectivity index (χ1) is 30.8. The number of aromatic nitrogens is 4. The van der Waals surface area contributed by atoms with Crippen molar-refractivity contribution in [2.45, 2.75) is 50.9 Å². The molecule has 66 heavy (non-hydrogen) atoms. The molecule has 0 radical (unpaired) electrons. The van der Waals surface area contributed by atoms with Gasteiger partial charge in [-0.1, -0.05) is 49.9 Å². The van der Waals surface area contributed by atoms with E-state index in [4.69, 9.17) is 19.5 Å². The molecule has 1 fully saturated rings. The number of aliphatic hydroxyl groups is 2. The molecule has 0 saturated carbocycles. The number of benzene rings is 2. The van der Waals surface area contributed by atoms with E-state index in [1.807, 2.05) is 0 Å². The van der Waals surface area contributed by atoms with E-state index in [-0.39, 0.29) is 53.5 Å². The first-order valence-corrected chi connectivity index (χ1v) is 24.4. The van der Waals surface area contributed by atoms with Gasteiger partial charge in [0.15, 0.2) is 17.7 Å². The Morgan fingerprint density at radius 2 is 1.64 bits per heavy atom. The van der Waals surface area contributed by atoms with E-state index >= 15 is 0 Å². The highest BCUT2D eigenvalue weighted by atomic mass is 32.2. The van der Waals surface area contributed by atoms with E-state index in [9.17, 15) is 72.6 Å². The van der Waals surface area contributed by atoms with Crippen LogP contribution in [0.4, 0.5) is 11.5 Å². The predicted molar refractivity (Wildman–Crippen MR) is 227 cm³/mol. The number of ether oxygens (including phenoxy) is 1. The number of nitrogens with zero attached hydrogens (tertiary/aromatic N) is 4. The number of hydrogen-bond acceptors (Lipinski definition) is 20. The molecule has 3 heterocycles. The topological polar surface area (TPSA) is 430 Å². The molecule has 7 unspecified atom stereocenters. The SMILES string of the molecule is CC(C)(COP(=O)(O)OP(=O)(O)OCC1OC(n2cnc3c(N)ncnc32)C(O)C1OP(=O)(O)O)C(O)C(=O)NCCC(=O)NCCSC(=O)C(=O)Nc1cc2ccccc2cc1C(=O)O. The Morgan fingerprint density at radius 3 is 2.30 bits per heavy atom. The molecule has 1 aliphatic rings. The lowest BCUT2D eigenvalue weighted by atomic mass is 9.87. The number of imidazole rings is 1. The maximum Gasteiger partial charge on any atom is 0.481 e. The minimum Gasteiger partial charge on any atom is -0.478 e. The molecule has 4 aromatic rings. The summed E-state index contributed by atoms with van der Waals surface area (Å²) >= 11 is 0.556. The van der Waals surface area contributed by atoms with Gasteiger partial charge in [-0.25, -0.2) is 33.4 Å². The fourth-order valence-electron chi connectivity index (χ4n) is 6.03. The number of aromatic carboxylic acids is 1. The number of carbonyl (C=O) groups is 5. The Balaban J connectivity index is 1.03. The van der Waals surface area contributed by atoms with Gasteiger partial charge in [0.2, 0.25) is 11.8 Å². The van der Waals surface area contributed by atoms with Crippen molar-refractivity contribution >= 4 is 97.5 Å². The van der Waals surface area contributed by atoms with Gasteiger partial charge in [0.05, 0.1) is 30.8 Å². The summed E-state index contributed by atoms with van der Waals surface area (Å²) in [6, 6.07) is 9.60. The fourth-order valence-corrected chi connectivity index (χ4v) is 9.43. The van der Waals surface area contributed by atoms with E-state index < -0.39 is 102 Å². The molecule has 3 amide bonds. The Bertz CT molecular complexity index is 2630. The zero-order valence-electron chi connectivity index (χ0n) is 34.3. The first-order valence-electron chi connectivity index (χ1n) is 18.9. The van der Waals surface area contributed by atoms with Gasteiger partial charge < -0.3 is 61.3 Å². The summed E-state index contributed by atoms with van der Waals surface area (Å²) in [6.07, 6.45) is -7.30. The van der Waals surface area contributed by atoms with E-state index in [2.05, 4.69) is 39.7 Å². The molecule has 0 aliphatic carbocycles. The molecule has 0 bridgehead atoms. The second kappa shape index (κ2) is 21.4. The molecule has 360 valence electrons. The molecule has 0 spiro atoms. The number of hydrogen-bond donors (Lipinski definition) is 11. The average Bonchev–Trinajstić information content (AvgIpc) is 3.79. The molecular formula is C34H43N8O20P3S. The molecule has 1 saturated heterocycles. The lowest BCUT2D eigenvalue weighted by Gasteiger charge is -2.30. The molecular weight excluding hydrogens is 965 g/mol. The third-order valence-electron chi connectivity index (χ3n) is 9.28. The number of aliphatic hydroxyl groups excluding tert-OH is 2. The van der Waals surface area contributed by atoms with Crippen molar-refractivity contribution in [1.82, 2.24) is 30.2 Å². The van der Waals surface area contributed by atoms with E-state index in [1.165, 1.54) is 26.0 Å². The molecule has 5 rings (SSSR count). The lowest BCUT2D eigenvalue weighted by Crippen LogP contribution is -2.46. The van der Waals surface area contributed by atoms with Gasteiger partial charge in [-0.3, -0.25) is 37.3 Å². The van der Waals surface area contributed by atoms with E-state index in [0.717, 1.165) is 17.2 Å². The predicted octanol–water partition coefficient (Wildman–Crippen LogP) is 0.155. The lowest BCUT2D eigenvalue weighted by molar-refractivity contribution is -0.137. The number of amides is 3. The number of nitrogen functional groups attached to an aromatic ring is 1. The van der Waals surface area contributed by atoms with Crippen LogP contribution in [0.2, 0.25) is 0 Å². The van der Waals surface area contributed by atoms with Crippen LogP contribution in [0.3, 0.4) is 0 Å². The maximum absolute atomic E-state index is 12.7. The fraction of sp³-hybridized carbons (Fsp3) is 0.412. The van der Waals surface area contributed by atoms with Gasteiger partial charge in [-0.15, -0.1) is 0 Å². The normalized spacial score (nSPS) is 20.0. The van der Waals surface area contributed by atoms with Gasteiger partial charge in [-0.2, -0.15) is 4.31 Å². The molecule has 7 atom stereocenters. The van der Waals surface area contributed by atoms with Crippen molar-refractivity contribution in [3.63, 3.8) is 0 Å². The highest BCUT2D eigenvalue weighted by Crippen LogP contribution is 2.61. The molecule has 1 aliphatic heterocycles. The van der Waals surface area contributed by atoms with Crippen LogP contribution in [0.5, 0.6) is 0 Å². The van der Waals surface area contributed by atoms with E-state index in [1.54, 1.807) is 24.3 Å². The van der Waals surface area contributed by atoms with Crippen LogP contribution >= 0.6 is 35.2 Å². The van der Waals surface area contributed by atoms with Crippen molar-refractivity contribution in [3.05, 3.63) is 54.6 Å². The number of fused-ring (bicyclic) bond motifs is 2. The van der Waals surface area contributed by atoms with Gasteiger partial charge in [0, 0.05) is 30.7 Å². The Kier molecular flexibility index (Phi) is 16.9. The monoisotopic (exact) mass is 1010 g/mol. The summed E-state index contributed by atoms with van der Waals surface area (Å²) in [5.74, 6) is -4.18. The number of thioether (sulfide) groups is 1. The summed E-state index contributed by atoms with van der Waals surface area (Å²) < 4.78 is 62.2. The van der Waals surface area contributed by atoms with Crippen molar-refractivity contribution in [3.8, 4) is 0 Å². The second-order valence-electron chi connectivity index (χ2n) is 14.7. The quantitative estimate of drug-likeness (QED) is 0.0301. The maximum atomic E-state index is 12.7. The molecule has 12 N–H and O–H groups in total. The first kappa shape index (κ1) is 52.2. The number of nitrogens with one attached hydrogen (secondary N) is 3. The third kappa shape index (κ3) is 13.9. The number of rotatable bonds is 21. The third-order valence-corrected chi connectivity index (χ3v) is 13.2. The number of anilines is 2. The number of phosphoric ester groups is 3. The van der Waals surface area contributed by atoms with Crippen LogP contribution in [0, 0.1) is 5.41 Å². The van der Waals surface area contributed by atoms with Crippen molar-refractivity contribution < 1.29 is 95.2 Å². The number of carboxylic acids is 1. The van der Waals surface area contributed by atoms with Gasteiger partial charge in [0.25, 0.3) is 5.12 Å². The van der Waals surface area contributed by atoms with Crippen LogP contribution in [0.1, 0.15) is 36.9 Å². The summed E-state index contributed by atoms with van der Waals surface area (Å²) in [5.41, 5.74) is 3.85. The van der Waals surface area contributed by atoms with Gasteiger partial charge in [-0.05, 0) is 22.9 Å². The largest absolute Gasteiger partial charge is 0.481 e. The highest BCUT2D eigenvalue weighted by Gasteiger charge is 2.50. The van der Waals surface area contributed by atoms with Crippen molar-refractivity contribution in [1.29, 1.82) is 0 Å². The molecule has 2 aromatic carbocycles. The number of carboxylic acid groups (broad SMARTS) is 1. The molecule has 2 aromatic heterocycles. The summed E-state index contributed by atoms with van der Waals surface area (Å²) in [7, 11) is -16.5. The van der Waals surface area contributed by atoms with E-state index in [0.29, 0.717) is 22.5 Å². The average molecular weight is 1010 g/mol. The number of carbonyl (C=O) groups excluding carboxylic acids is 4. The Morgan fingerprint density at radius 1 is 0.970 bits per heavy atom. The van der Waals surface area contributed by atoms with Gasteiger partial charge >= 0.3 is 35.3 Å².